The van der Waals surface area contributed by atoms with Crippen molar-refractivity contribution in [2.45, 2.75) is 94.6 Å². The molecule has 0 amide bonds. The van der Waals surface area contributed by atoms with E-state index in [9.17, 15) is 29.1 Å². The van der Waals surface area contributed by atoms with Crippen LogP contribution < -0.4 is 0 Å². The zero-order valence-electron chi connectivity index (χ0n) is 26.1. The number of esters is 4. The molecular formula is C28H52O11. The largest absolute Gasteiger partial charge is 0.469 e. The molecule has 11 heteroatoms. The first-order valence-electron chi connectivity index (χ1n) is 13.1. The molecule has 0 fully saturated rings. The first-order valence-corrected chi connectivity index (χ1v) is 13.1. The van der Waals surface area contributed by atoms with Crippen molar-refractivity contribution in [3.05, 3.63) is 0 Å². The van der Waals surface area contributed by atoms with E-state index in [1.54, 1.807) is 21.0 Å². The van der Waals surface area contributed by atoms with Gasteiger partial charge >= 0.3 is 23.9 Å². The summed E-state index contributed by atoms with van der Waals surface area (Å²) >= 11 is 0. The topological polar surface area (TPSA) is 152 Å². The summed E-state index contributed by atoms with van der Waals surface area (Å²) < 4.78 is 23.7. The highest BCUT2D eigenvalue weighted by atomic mass is 16.6. The normalized spacial score (nSPS) is 11.9. The highest BCUT2D eigenvalue weighted by Crippen LogP contribution is 2.22. The Morgan fingerprint density at radius 1 is 0.641 bits per heavy atom. The van der Waals surface area contributed by atoms with E-state index in [-0.39, 0.29) is 36.0 Å². The molecule has 1 N–H and O–H groups in total. The van der Waals surface area contributed by atoms with E-state index in [1.165, 1.54) is 7.11 Å². The number of ether oxygens (including phenoxy) is 5. The van der Waals surface area contributed by atoms with Crippen LogP contribution in [0.25, 0.3) is 0 Å². The number of hydrogen-bond acceptors (Lipinski definition) is 11. The summed E-state index contributed by atoms with van der Waals surface area (Å²) in [5, 5.41) is 9.40. The molecular weight excluding hydrogens is 512 g/mol. The molecule has 0 saturated heterocycles. The van der Waals surface area contributed by atoms with Crippen LogP contribution in [0, 0.1) is 16.2 Å². The second-order valence-electron chi connectivity index (χ2n) is 10.7. The van der Waals surface area contributed by atoms with Crippen molar-refractivity contribution in [2.24, 2.45) is 16.2 Å². The molecule has 0 aliphatic heterocycles. The lowest BCUT2D eigenvalue weighted by molar-refractivity contribution is -0.161. The minimum absolute atomic E-state index is 0.134. The lowest BCUT2D eigenvalue weighted by Crippen LogP contribution is -2.31. The SMILES string of the molecule is CCC(C)(C)C(=O)OC.CCC(C)(C)C(=O)OCC(O)COC(=O)C(C)=O.CCC(C)(C)C(=O)OCCOC. The van der Waals surface area contributed by atoms with Gasteiger partial charge in [-0.25, -0.2) is 4.79 Å². The fourth-order valence-electron chi connectivity index (χ4n) is 1.81. The number of carbonyl (C=O) groups is 5. The van der Waals surface area contributed by atoms with Crippen LogP contribution in [0.3, 0.4) is 0 Å². The van der Waals surface area contributed by atoms with Gasteiger partial charge < -0.3 is 28.8 Å². The van der Waals surface area contributed by atoms with E-state index in [2.05, 4.69) is 9.47 Å². The van der Waals surface area contributed by atoms with Crippen molar-refractivity contribution < 1.29 is 52.8 Å². The Labute approximate surface area is 234 Å². The summed E-state index contributed by atoms with van der Waals surface area (Å²) in [6.45, 7) is 18.0. The lowest BCUT2D eigenvalue weighted by Gasteiger charge is -2.21. The van der Waals surface area contributed by atoms with Crippen LogP contribution in [0.15, 0.2) is 0 Å². The van der Waals surface area contributed by atoms with Crippen molar-refractivity contribution >= 4 is 29.7 Å². The van der Waals surface area contributed by atoms with Gasteiger partial charge in [-0.1, -0.05) is 20.8 Å². The molecule has 39 heavy (non-hydrogen) atoms. The Morgan fingerprint density at radius 3 is 1.36 bits per heavy atom. The zero-order valence-corrected chi connectivity index (χ0v) is 26.1. The maximum absolute atomic E-state index is 11.6. The smallest absolute Gasteiger partial charge is 0.374 e. The Bertz CT molecular complexity index is 755. The minimum atomic E-state index is -1.13. The van der Waals surface area contributed by atoms with Crippen LogP contribution in [0.5, 0.6) is 0 Å². The van der Waals surface area contributed by atoms with Gasteiger partial charge in [0.1, 0.15) is 25.9 Å². The third kappa shape index (κ3) is 19.2. The van der Waals surface area contributed by atoms with Gasteiger partial charge in [-0.3, -0.25) is 19.2 Å². The van der Waals surface area contributed by atoms with Crippen molar-refractivity contribution in [1.82, 2.24) is 0 Å². The number of methoxy groups -OCH3 is 2. The highest BCUT2D eigenvalue weighted by molar-refractivity contribution is 6.32. The molecule has 1 atom stereocenters. The van der Waals surface area contributed by atoms with Gasteiger partial charge in [0, 0.05) is 14.0 Å². The first-order chi connectivity index (χ1) is 17.8. The molecule has 0 rings (SSSR count). The van der Waals surface area contributed by atoms with Gasteiger partial charge in [-0.2, -0.15) is 0 Å². The maximum Gasteiger partial charge on any atom is 0.374 e. The lowest BCUT2D eigenvalue weighted by atomic mass is 9.91. The molecule has 0 radical (unpaired) electrons. The number of Topliss-reactive ketones (excluding diaryl/α,β-unsaturated/α-hetero) is 1. The molecule has 11 nitrogen and oxygen atoms in total. The van der Waals surface area contributed by atoms with Crippen molar-refractivity contribution in [3.8, 4) is 0 Å². The van der Waals surface area contributed by atoms with Crippen LogP contribution >= 0.6 is 0 Å². The first kappa shape index (κ1) is 41.0. The Kier molecular flexibility index (Phi) is 21.4. The average molecular weight is 565 g/mol. The van der Waals surface area contributed by atoms with Crippen LogP contribution in [0.2, 0.25) is 0 Å². The molecule has 0 aliphatic rings. The van der Waals surface area contributed by atoms with E-state index >= 15 is 0 Å². The average Bonchev–Trinajstić information content (AvgIpc) is 2.90. The number of aliphatic hydroxyl groups is 1. The highest BCUT2D eigenvalue weighted by Gasteiger charge is 2.28. The third-order valence-corrected chi connectivity index (χ3v) is 6.12. The Hall–Kier alpha value is -2.53. The molecule has 0 saturated carbocycles. The summed E-state index contributed by atoms with van der Waals surface area (Å²) in [5.74, 6) is -2.48. The van der Waals surface area contributed by atoms with Gasteiger partial charge in [0.2, 0.25) is 5.78 Å². The molecule has 0 spiro atoms. The number of carbonyl (C=O) groups excluding carboxylic acids is 5. The van der Waals surface area contributed by atoms with Gasteiger partial charge in [0.25, 0.3) is 0 Å². The van der Waals surface area contributed by atoms with E-state index < -0.39 is 29.2 Å². The number of rotatable bonds is 14. The van der Waals surface area contributed by atoms with Gasteiger partial charge in [0.15, 0.2) is 0 Å². The van der Waals surface area contributed by atoms with E-state index in [0.717, 1.165) is 19.8 Å². The van der Waals surface area contributed by atoms with Crippen molar-refractivity contribution in [2.75, 3.05) is 40.6 Å². The summed E-state index contributed by atoms with van der Waals surface area (Å²) in [7, 11) is 3.00. The molecule has 230 valence electrons. The second-order valence-corrected chi connectivity index (χ2v) is 10.7. The van der Waals surface area contributed by atoms with Crippen molar-refractivity contribution in [1.29, 1.82) is 0 Å². The number of hydrogen-bond donors (Lipinski definition) is 1. The predicted octanol–water partition coefficient (Wildman–Crippen LogP) is 3.67. The Balaban J connectivity index is -0.000000534. The predicted molar refractivity (Wildman–Crippen MR) is 146 cm³/mol. The third-order valence-electron chi connectivity index (χ3n) is 6.12. The van der Waals surface area contributed by atoms with Gasteiger partial charge in [-0.15, -0.1) is 0 Å². The van der Waals surface area contributed by atoms with Gasteiger partial charge in [-0.05, 0) is 60.8 Å². The zero-order chi connectivity index (χ0) is 31.4. The van der Waals surface area contributed by atoms with E-state index in [4.69, 9.17) is 14.2 Å². The molecule has 0 aliphatic carbocycles. The molecule has 0 heterocycles. The second kappa shape index (κ2) is 20.4. The monoisotopic (exact) mass is 564 g/mol. The van der Waals surface area contributed by atoms with Crippen LogP contribution in [-0.4, -0.2) is 81.5 Å². The molecule has 0 bridgehead atoms. The summed E-state index contributed by atoms with van der Waals surface area (Å²) in [6, 6.07) is 0. The fraction of sp³-hybridized carbons (Fsp3) is 0.821. The summed E-state index contributed by atoms with van der Waals surface area (Å²) in [4.78, 5) is 55.0. The number of ketones is 1. The number of aliphatic hydroxyl groups excluding tert-OH is 1. The van der Waals surface area contributed by atoms with E-state index in [1.807, 2.05) is 48.5 Å². The Morgan fingerprint density at radius 2 is 1.03 bits per heavy atom. The van der Waals surface area contributed by atoms with Crippen LogP contribution in [0.1, 0.15) is 88.5 Å². The summed E-state index contributed by atoms with van der Waals surface area (Å²) in [5.41, 5.74) is -1.29. The molecule has 1 unspecified atom stereocenters. The summed E-state index contributed by atoms with van der Waals surface area (Å²) in [6.07, 6.45) is 1.09. The van der Waals surface area contributed by atoms with Gasteiger partial charge in [0.05, 0.1) is 30.0 Å². The van der Waals surface area contributed by atoms with E-state index in [0.29, 0.717) is 19.6 Å². The standard InChI is InChI=1S/C12H20O6.C9H18O3.C7H14O2/c1-5-12(3,4)11(16)18-7-9(14)6-17-10(15)8(2)13;1-5-9(2,3)8(10)12-7-6-11-4;1-5-7(2,3)6(8)9-4/h9,14H,5-7H2,1-4H3;5-7H2,1-4H3;5H2,1-4H3. The van der Waals surface area contributed by atoms with Crippen LogP contribution in [0.4, 0.5) is 0 Å². The molecule has 0 aromatic carbocycles. The van der Waals surface area contributed by atoms with Crippen LogP contribution in [-0.2, 0) is 47.7 Å². The molecule has 0 aromatic rings. The maximum atomic E-state index is 11.6. The quantitative estimate of drug-likeness (QED) is 0.142. The van der Waals surface area contributed by atoms with Crippen molar-refractivity contribution in [3.63, 3.8) is 0 Å². The fourth-order valence-corrected chi connectivity index (χ4v) is 1.81. The minimum Gasteiger partial charge on any atom is -0.469 e. The molecule has 0 aromatic heterocycles.